The third-order valence-corrected chi connectivity index (χ3v) is 4.88. The minimum absolute atomic E-state index is 0.0660. The van der Waals surface area contributed by atoms with E-state index in [0.717, 1.165) is 16.7 Å². The second-order valence-electron chi connectivity index (χ2n) is 6.24. The molecule has 0 bridgehead atoms. The molecule has 3 rings (SSSR count). The first-order valence-corrected chi connectivity index (χ1v) is 7.92. The molecule has 2 aromatic carbocycles. The van der Waals surface area contributed by atoms with E-state index in [-0.39, 0.29) is 23.3 Å². The van der Waals surface area contributed by atoms with E-state index < -0.39 is 0 Å². The molecule has 0 spiro atoms. The number of fused-ring (bicyclic) bond motifs is 1. The molecule has 0 heterocycles. The van der Waals surface area contributed by atoms with Crippen LogP contribution in [0.1, 0.15) is 36.5 Å². The van der Waals surface area contributed by atoms with E-state index in [1.54, 1.807) is 26.4 Å². The van der Waals surface area contributed by atoms with E-state index in [4.69, 9.17) is 9.47 Å². The van der Waals surface area contributed by atoms with Gasteiger partial charge in [0.15, 0.2) is 23.0 Å². The number of methoxy groups -OCH3 is 2. The van der Waals surface area contributed by atoms with Crippen molar-refractivity contribution < 1.29 is 19.7 Å². The van der Waals surface area contributed by atoms with Gasteiger partial charge in [0.25, 0.3) is 0 Å². The van der Waals surface area contributed by atoms with Crippen molar-refractivity contribution in [3.05, 3.63) is 52.6 Å². The summed E-state index contributed by atoms with van der Waals surface area (Å²) in [6.07, 6.45) is 2.14. The third kappa shape index (κ3) is 2.58. The minimum Gasteiger partial charge on any atom is -0.504 e. The van der Waals surface area contributed by atoms with Gasteiger partial charge in [-0.25, -0.2) is 0 Å². The molecule has 2 aromatic rings. The molecule has 0 amide bonds. The summed E-state index contributed by atoms with van der Waals surface area (Å²) in [7, 11) is 3.09. The molecule has 1 aliphatic carbocycles. The SMILES string of the molecule is COc1cc(C2c3cc(O)c(OC)cc3C=C(C)C2C)ccc1O. The van der Waals surface area contributed by atoms with Crippen molar-refractivity contribution >= 4 is 6.08 Å². The van der Waals surface area contributed by atoms with Crippen LogP contribution in [0.3, 0.4) is 0 Å². The zero-order valence-electron chi connectivity index (χ0n) is 14.3. The number of rotatable bonds is 3. The molecule has 2 unspecified atom stereocenters. The Hall–Kier alpha value is -2.62. The highest BCUT2D eigenvalue weighted by Crippen LogP contribution is 2.46. The van der Waals surface area contributed by atoms with E-state index in [1.165, 1.54) is 5.57 Å². The molecule has 4 nitrogen and oxygen atoms in total. The van der Waals surface area contributed by atoms with Crippen LogP contribution in [0.5, 0.6) is 23.0 Å². The Kier molecular flexibility index (Phi) is 4.14. The van der Waals surface area contributed by atoms with E-state index >= 15 is 0 Å². The van der Waals surface area contributed by atoms with Crippen LogP contribution in [0.2, 0.25) is 0 Å². The number of ether oxygens (including phenoxy) is 2. The number of allylic oxidation sites excluding steroid dienone is 1. The van der Waals surface area contributed by atoms with Crippen molar-refractivity contribution in [1.82, 2.24) is 0 Å². The summed E-state index contributed by atoms with van der Waals surface area (Å²) in [6.45, 7) is 4.28. The molecule has 0 saturated heterocycles. The monoisotopic (exact) mass is 326 g/mol. The number of benzene rings is 2. The molecule has 0 aliphatic heterocycles. The number of hydrogen-bond donors (Lipinski definition) is 2. The van der Waals surface area contributed by atoms with Gasteiger partial charge in [-0.1, -0.05) is 24.6 Å². The first-order chi connectivity index (χ1) is 11.5. The lowest BCUT2D eigenvalue weighted by Gasteiger charge is -2.32. The molecule has 0 radical (unpaired) electrons. The number of phenols is 2. The van der Waals surface area contributed by atoms with Gasteiger partial charge in [0.1, 0.15) is 0 Å². The molecule has 2 N–H and O–H groups in total. The van der Waals surface area contributed by atoms with Crippen molar-refractivity contribution in [3.63, 3.8) is 0 Å². The van der Waals surface area contributed by atoms with Crippen molar-refractivity contribution in [2.45, 2.75) is 19.8 Å². The normalized spacial score (nSPS) is 19.4. The quantitative estimate of drug-likeness (QED) is 0.883. The molecule has 24 heavy (non-hydrogen) atoms. The Bertz CT molecular complexity index is 808. The number of hydrogen-bond acceptors (Lipinski definition) is 4. The maximum atomic E-state index is 10.2. The first-order valence-electron chi connectivity index (χ1n) is 7.92. The summed E-state index contributed by atoms with van der Waals surface area (Å²) in [6, 6.07) is 9.06. The van der Waals surface area contributed by atoms with E-state index in [0.29, 0.717) is 11.5 Å². The molecular weight excluding hydrogens is 304 g/mol. The average molecular weight is 326 g/mol. The second kappa shape index (κ2) is 6.11. The molecular formula is C20H22O4. The van der Waals surface area contributed by atoms with Gasteiger partial charge in [0.2, 0.25) is 0 Å². The van der Waals surface area contributed by atoms with Crippen molar-refractivity contribution in [1.29, 1.82) is 0 Å². The second-order valence-corrected chi connectivity index (χ2v) is 6.24. The lowest BCUT2D eigenvalue weighted by molar-refractivity contribution is 0.371. The van der Waals surface area contributed by atoms with Gasteiger partial charge in [-0.15, -0.1) is 0 Å². The zero-order valence-corrected chi connectivity index (χ0v) is 14.3. The Balaban J connectivity index is 2.19. The lowest BCUT2D eigenvalue weighted by atomic mass is 9.72. The van der Waals surface area contributed by atoms with E-state index in [1.807, 2.05) is 18.2 Å². The average Bonchev–Trinajstić information content (AvgIpc) is 2.57. The third-order valence-electron chi connectivity index (χ3n) is 4.88. The molecule has 0 aromatic heterocycles. The fraction of sp³-hybridized carbons (Fsp3) is 0.300. The lowest BCUT2D eigenvalue weighted by Crippen LogP contribution is -2.17. The van der Waals surface area contributed by atoms with Gasteiger partial charge in [0.05, 0.1) is 14.2 Å². The summed E-state index contributed by atoms with van der Waals surface area (Å²) in [4.78, 5) is 0. The van der Waals surface area contributed by atoms with Gasteiger partial charge in [-0.2, -0.15) is 0 Å². The van der Waals surface area contributed by atoms with Crippen LogP contribution in [0.15, 0.2) is 35.9 Å². The highest BCUT2D eigenvalue weighted by atomic mass is 16.5. The maximum absolute atomic E-state index is 10.2. The van der Waals surface area contributed by atoms with Crippen molar-refractivity contribution in [3.8, 4) is 23.0 Å². The van der Waals surface area contributed by atoms with Crippen LogP contribution < -0.4 is 9.47 Å². The molecule has 2 atom stereocenters. The predicted octanol–water partition coefficient (Wildman–Crippen LogP) is 4.30. The van der Waals surface area contributed by atoms with Gasteiger partial charge < -0.3 is 19.7 Å². The predicted molar refractivity (Wildman–Crippen MR) is 94.0 cm³/mol. The van der Waals surface area contributed by atoms with Crippen LogP contribution in [-0.2, 0) is 0 Å². The molecule has 126 valence electrons. The van der Waals surface area contributed by atoms with Crippen LogP contribution in [0.25, 0.3) is 6.08 Å². The molecule has 1 aliphatic rings. The summed E-state index contributed by atoms with van der Waals surface area (Å²) in [5.41, 5.74) is 4.37. The topological polar surface area (TPSA) is 58.9 Å². The van der Waals surface area contributed by atoms with Crippen LogP contribution >= 0.6 is 0 Å². The smallest absolute Gasteiger partial charge is 0.161 e. The summed E-state index contributed by atoms with van der Waals surface area (Å²) in [5.74, 6) is 1.50. The fourth-order valence-electron chi connectivity index (χ4n) is 3.42. The van der Waals surface area contributed by atoms with Crippen molar-refractivity contribution in [2.75, 3.05) is 14.2 Å². The summed E-state index contributed by atoms with van der Waals surface area (Å²) >= 11 is 0. The Morgan fingerprint density at radius 3 is 2.25 bits per heavy atom. The molecule has 4 heteroatoms. The van der Waals surface area contributed by atoms with Gasteiger partial charge in [0, 0.05) is 5.92 Å². The Morgan fingerprint density at radius 1 is 0.917 bits per heavy atom. The molecule has 0 fully saturated rings. The van der Waals surface area contributed by atoms with E-state index in [2.05, 4.69) is 19.9 Å². The van der Waals surface area contributed by atoms with Crippen LogP contribution in [0, 0.1) is 5.92 Å². The highest BCUT2D eigenvalue weighted by molar-refractivity contribution is 5.67. The van der Waals surface area contributed by atoms with Crippen LogP contribution in [0.4, 0.5) is 0 Å². The minimum atomic E-state index is 0.0660. The van der Waals surface area contributed by atoms with Gasteiger partial charge in [-0.3, -0.25) is 0 Å². The standard InChI is InChI=1S/C20H22O4/c1-11-7-14-9-19(24-4)17(22)10-15(14)20(12(11)2)13-5-6-16(21)18(8-13)23-3/h5-10,12,20-22H,1-4H3. The zero-order chi connectivity index (χ0) is 17.4. The summed E-state index contributed by atoms with van der Waals surface area (Å²) in [5, 5.41) is 20.1. The fourth-order valence-corrected chi connectivity index (χ4v) is 3.42. The Labute approximate surface area is 142 Å². The van der Waals surface area contributed by atoms with Gasteiger partial charge in [-0.05, 0) is 53.8 Å². The Morgan fingerprint density at radius 2 is 1.58 bits per heavy atom. The summed E-state index contributed by atoms with van der Waals surface area (Å²) < 4.78 is 10.5. The highest BCUT2D eigenvalue weighted by Gasteiger charge is 2.30. The maximum Gasteiger partial charge on any atom is 0.161 e. The van der Waals surface area contributed by atoms with Gasteiger partial charge >= 0.3 is 0 Å². The first kappa shape index (κ1) is 16.2. The van der Waals surface area contributed by atoms with Crippen LogP contribution in [-0.4, -0.2) is 24.4 Å². The molecule has 0 saturated carbocycles. The van der Waals surface area contributed by atoms with E-state index in [9.17, 15) is 10.2 Å². The number of phenolic OH excluding ortho intramolecular Hbond substituents is 2. The largest absolute Gasteiger partial charge is 0.504 e. The van der Waals surface area contributed by atoms with Crippen molar-refractivity contribution in [2.24, 2.45) is 5.92 Å². The number of aromatic hydroxyl groups is 2.